The molecule has 0 unspecified atom stereocenters. The Morgan fingerprint density at radius 1 is 1.11 bits per heavy atom. The lowest BCUT2D eigenvalue weighted by atomic mass is 10.1. The molecule has 4 nitrogen and oxygen atoms in total. The molecule has 0 atom stereocenters. The van der Waals surface area contributed by atoms with E-state index in [-0.39, 0.29) is 0 Å². The van der Waals surface area contributed by atoms with Gasteiger partial charge in [0.15, 0.2) is 5.11 Å². The number of esters is 1. The van der Waals surface area contributed by atoms with Gasteiger partial charge in [-0.05, 0) is 41.5 Å². The second kappa shape index (κ2) is 9.68. The van der Waals surface area contributed by atoms with Crippen LogP contribution in [0.3, 0.4) is 0 Å². The molecule has 0 spiro atoms. The van der Waals surface area contributed by atoms with Gasteiger partial charge in [-0.3, -0.25) is 0 Å². The van der Waals surface area contributed by atoms with Crippen LogP contribution >= 0.6 is 35.2 Å². The molecule has 1 aromatic heterocycles. The molecule has 7 heteroatoms. The van der Waals surface area contributed by atoms with Crippen molar-refractivity contribution in [2.45, 2.75) is 13.0 Å². The Hall–Kier alpha value is -2.41. The van der Waals surface area contributed by atoms with Gasteiger partial charge in [-0.2, -0.15) is 0 Å². The number of hydrogen-bond acceptors (Lipinski definition) is 4. The summed E-state index contributed by atoms with van der Waals surface area (Å²) in [5.41, 5.74) is 2.71. The van der Waals surface area contributed by atoms with Crippen molar-refractivity contribution in [2.24, 2.45) is 0 Å². The third-order valence-corrected chi connectivity index (χ3v) is 5.55. The maximum Gasteiger partial charge on any atom is 0.340 e. The lowest BCUT2D eigenvalue weighted by Gasteiger charge is -2.10. The molecule has 1 heterocycles. The van der Waals surface area contributed by atoms with E-state index in [1.54, 1.807) is 0 Å². The molecule has 2 N–H and O–H groups in total. The van der Waals surface area contributed by atoms with Crippen LogP contribution in [0, 0.1) is 0 Å². The van der Waals surface area contributed by atoms with Crippen LogP contribution in [0.5, 0.6) is 0 Å². The minimum Gasteiger partial charge on any atom is -0.465 e. The third-order valence-electron chi connectivity index (χ3n) is 4.00. The Balaban J connectivity index is 1.69. The average molecular weight is 431 g/mol. The molecule has 0 aliphatic heterocycles. The monoisotopic (exact) mass is 430 g/mol. The highest BCUT2D eigenvalue weighted by Gasteiger charge is 2.18. The van der Waals surface area contributed by atoms with E-state index in [9.17, 15) is 4.79 Å². The van der Waals surface area contributed by atoms with Crippen LogP contribution in [0.1, 0.15) is 26.4 Å². The van der Waals surface area contributed by atoms with E-state index >= 15 is 0 Å². The highest BCUT2D eigenvalue weighted by Crippen LogP contribution is 2.30. The number of rotatable bonds is 6. The molecule has 0 radical (unpaired) electrons. The molecule has 0 aliphatic rings. The van der Waals surface area contributed by atoms with E-state index in [0.29, 0.717) is 27.2 Å². The van der Waals surface area contributed by atoms with Gasteiger partial charge in [0.1, 0.15) is 5.00 Å². The first-order valence-electron chi connectivity index (χ1n) is 8.59. The Morgan fingerprint density at radius 3 is 2.50 bits per heavy atom. The molecule has 0 saturated heterocycles. The minimum absolute atomic E-state index is 0.390. The summed E-state index contributed by atoms with van der Waals surface area (Å²) in [5.74, 6) is -0.390. The number of hydrogen-bond donors (Lipinski definition) is 2. The summed E-state index contributed by atoms with van der Waals surface area (Å²) >= 11 is 12.8. The fraction of sp³-hybridized carbons (Fsp3) is 0.143. The SMILES string of the molecule is COC(=O)c1cc(Cc2ccccc2)sc1NC(=S)NCc1ccc(Cl)cc1. The molecule has 0 fully saturated rings. The summed E-state index contributed by atoms with van der Waals surface area (Å²) in [5, 5.41) is 8.07. The summed E-state index contributed by atoms with van der Waals surface area (Å²) in [7, 11) is 1.37. The van der Waals surface area contributed by atoms with Crippen molar-refractivity contribution in [3.05, 3.63) is 87.3 Å². The van der Waals surface area contributed by atoms with E-state index in [0.717, 1.165) is 16.9 Å². The van der Waals surface area contributed by atoms with Crippen LogP contribution < -0.4 is 10.6 Å². The number of ether oxygens (including phenoxy) is 1. The maximum atomic E-state index is 12.2. The average Bonchev–Trinajstić information content (AvgIpc) is 3.09. The van der Waals surface area contributed by atoms with E-state index in [4.69, 9.17) is 28.6 Å². The van der Waals surface area contributed by atoms with Crippen molar-refractivity contribution in [3.63, 3.8) is 0 Å². The third kappa shape index (κ3) is 5.55. The standard InChI is InChI=1S/C21H19ClN2O2S2/c1-26-20(25)18-12-17(11-14-5-3-2-4-6-14)28-19(18)24-21(27)23-13-15-7-9-16(22)10-8-15/h2-10,12H,11,13H2,1H3,(H2,23,24,27). The first-order chi connectivity index (χ1) is 13.5. The molecule has 3 aromatic rings. The van der Waals surface area contributed by atoms with E-state index < -0.39 is 5.97 Å². The van der Waals surface area contributed by atoms with Crippen LogP contribution in [0.2, 0.25) is 5.02 Å². The van der Waals surface area contributed by atoms with Crippen LogP contribution in [0.25, 0.3) is 0 Å². The van der Waals surface area contributed by atoms with Crippen molar-refractivity contribution in [2.75, 3.05) is 12.4 Å². The van der Waals surface area contributed by atoms with Gasteiger partial charge >= 0.3 is 5.97 Å². The summed E-state index contributed by atoms with van der Waals surface area (Å²) in [4.78, 5) is 13.2. The number of benzene rings is 2. The van der Waals surface area contributed by atoms with E-state index in [2.05, 4.69) is 22.8 Å². The predicted molar refractivity (Wildman–Crippen MR) is 119 cm³/mol. The Morgan fingerprint density at radius 2 is 1.82 bits per heavy atom. The van der Waals surface area contributed by atoms with Gasteiger partial charge in [-0.15, -0.1) is 11.3 Å². The zero-order valence-corrected chi connectivity index (χ0v) is 17.6. The maximum absolute atomic E-state index is 12.2. The quantitative estimate of drug-likeness (QED) is 0.412. The van der Waals surface area contributed by atoms with Crippen LogP contribution in [0.4, 0.5) is 5.00 Å². The smallest absolute Gasteiger partial charge is 0.340 e. The lowest BCUT2D eigenvalue weighted by molar-refractivity contribution is 0.0602. The largest absolute Gasteiger partial charge is 0.465 e. The summed E-state index contributed by atoms with van der Waals surface area (Å²) in [6.07, 6.45) is 0.738. The highest BCUT2D eigenvalue weighted by atomic mass is 35.5. The van der Waals surface area contributed by atoms with Crippen molar-refractivity contribution >= 4 is 51.2 Å². The minimum atomic E-state index is -0.390. The van der Waals surface area contributed by atoms with Gasteiger partial charge in [0.25, 0.3) is 0 Å². The molecule has 28 heavy (non-hydrogen) atoms. The highest BCUT2D eigenvalue weighted by molar-refractivity contribution is 7.80. The first kappa shape index (κ1) is 20.3. The van der Waals surface area contributed by atoms with E-state index in [1.165, 1.54) is 24.0 Å². The zero-order valence-electron chi connectivity index (χ0n) is 15.2. The summed E-state index contributed by atoms with van der Waals surface area (Å²) < 4.78 is 4.91. The molecule has 144 valence electrons. The molecule has 0 bridgehead atoms. The number of nitrogens with one attached hydrogen (secondary N) is 2. The number of thiophene rings is 1. The van der Waals surface area contributed by atoms with Gasteiger partial charge < -0.3 is 15.4 Å². The number of halogens is 1. The second-order valence-corrected chi connectivity index (χ2v) is 8.03. The molecular formula is C21H19ClN2O2S2. The van der Waals surface area contributed by atoms with Crippen molar-refractivity contribution in [1.82, 2.24) is 5.32 Å². The van der Waals surface area contributed by atoms with Gasteiger partial charge in [0.05, 0.1) is 12.7 Å². The fourth-order valence-corrected chi connectivity index (χ4v) is 4.06. The first-order valence-corrected chi connectivity index (χ1v) is 10.2. The zero-order chi connectivity index (χ0) is 19.9. The van der Waals surface area contributed by atoms with Gasteiger partial charge in [0.2, 0.25) is 0 Å². The molecule has 0 amide bonds. The van der Waals surface area contributed by atoms with Gasteiger partial charge in [0, 0.05) is 22.9 Å². The van der Waals surface area contributed by atoms with Crippen LogP contribution in [-0.4, -0.2) is 18.2 Å². The van der Waals surface area contributed by atoms with Gasteiger partial charge in [-0.1, -0.05) is 54.1 Å². The van der Waals surface area contributed by atoms with Crippen LogP contribution in [0.15, 0.2) is 60.7 Å². The summed E-state index contributed by atoms with van der Waals surface area (Å²) in [6, 6.07) is 19.5. The molecular weight excluding hydrogens is 412 g/mol. The van der Waals surface area contributed by atoms with Gasteiger partial charge in [-0.25, -0.2) is 4.79 Å². The number of anilines is 1. The molecule has 0 aliphatic carbocycles. The molecule has 0 saturated carbocycles. The van der Waals surface area contributed by atoms with Crippen molar-refractivity contribution < 1.29 is 9.53 Å². The number of thiocarbonyl (C=S) groups is 1. The van der Waals surface area contributed by atoms with Crippen LogP contribution in [-0.2, 0) is 17.7 Å². The number of carbonyl (C=O) groups is 1. The van der Waals surface area contributed by atoms with Crippen molar-refractivity contribution in [3.8, 4) is 0 Å². The predicted octanol–water partition coefficient (Wildman–Crippen LogP) is 5.27. The topological polar surface area (TPSA) is 50.4 Å². The normalized spacial score (nSPS) is 10.4. The number of methoxy groups -OCH3 is 1. The Kier molecular flexibility index (Phi) is 7.03. The molecule has 2 aromatic carbocycles. The lowest BCUT2D eigenvalue weighted by Crippen LogP contribution is -2.28. The summed E-state index contributed by atoms with van der Waals surface area (Å²) in [6.45, 7) is 0.554. The Labute approximate surface area is 178 Å². The fourth-order valence-electron chi connectivity index (χ4n) is 2.61. The van der Waals surface area contributed by atoms with E-state index in [1.807, 2.05) is 48.5 Å². The van der Waals surface area contributed by atoms with Crippen molar-refractivity contribution in [1.29, 1.82) is 0 Å². The Bertz CT molecular complexity index is 956. The second-order valence-electron chi connectivity index (χ2n) is 6.04. The number of carbonyl (C=O) groups excluding carboxylic acids is 1. The molecule has 3 rings (SSSR count).